The Bertz CT molecular complexity index is 1790. The largest absolute Gasteiger partial charge is 0.506 e. The lowest BCUT2D eigenvalue weighted by Crippen LogP contribution is -1.97. The summed E-state index contributed by atoms with van der Waals surface area (Å²) in [6.07, 6.45) is 6.35. The monoisotopic (exact) mass is 547 g/mol. The molecule has 0 aliphatic carbocycles. The molecule has 0 aliphatic rings. The SMILES string of the molecule is O=C(O)c1ccccn1.Oc1cccc2[nH]cnc12.Oc1cccc2cccnc12.Oc1cccc2cccnc12. The summed E-state index contributed by atoms with van der Waals surface area (Å²) in [6, 6.07) is 28.3. The van der Waals surface area contributed by atoms with Gasteiger partial charge in [0.1, 0.15) is 39.5 Å². The number of hydrogen-bond donors (Lipinski definition) is 5. The molecule has 0 spiro atoms. The van der Waals surface area contributed by atoms with Crippen LogP contribution in [-0.2, 0) is 0 Å². The number of H-pyrrole nitrogens is 1. The van der Waals surface area contributed by atoms with Gasteiger partial charge in [0.15, 0.2) is 0 Å². The number of rotatable bonds is 1. The van der Waals surface area contributed by atoms with Crippen molar-refractivity contribution in [1.82, 2.24) is 24.9 Å². The van der Waals surface area contributed by atoms with Crippen molar-refractivity contribution in [2.75, 3.05) is 0 Å². The Kier molecular flexibility index (Phi) is 9.33. The topological polar surface area (TPSA) is 165 Å². The first-order valence-electron chi connectivity index (χ1n) is 12.2. The highest BCUT2D eigenvalue weighted by Gasteiger charge is 2.00. The van der Waals surface area contributed by atoms with Crippen molar-refractivity contribution in [2.24, 2.45) is 0 Å². The summed E-state index contributed by atoms with van der Waals surface area (Å²) in [5.41, 5.74) is 2.89. The van der Waals surface area contributed by atoms with Gasteiger partial charge < -0.3 is 25.4 Å². The van der Waals surface area contributed by atoms with Gasteiger partial charge in [-0.25, -0.2) is 14.8 Å². The third-order valence-corrected chi connectivity index (χ3v) is 5.54. The average Bonchev–Trinajstić information content (AvgIpc) is 3.50. The summed E-state index contributed by atoms with van der Waals surface area (Å²) in [6.45, 7) is 0. The first-order valence-corrected chi connectivity index (χ1v) is 12.2. The summed E-state index contributed by atoms with van der Waals surface area (Å²) < 4.78 is 0. The molecule has 0 radical (unpaired) electrons. The van der Waals surface area contributed by atoms with E-state index in [9.17, 15) is 20.1 Å². The number of aromatic amines is 1. The number of para-hydroxylation sites is 3. The number of hydrogen-bond acceptors (Lipinski definition) is 8. The van der Waals surface area contributed by atoms with E-state index in [1.54, 1.807) is 67.3 Å². The number of imidazole rings is 1. The first kappa shape index (κ1) is 28.0. The lowest BCUT2D eigenvalue weighted by Gasteiger charge is -1.96. The fraction of sp³-hybridized carbons (Fsp3) is 0. The van der Waals surface area contributed by atoms with E-state index in [-0.39, 0.29) is 22.9 Å². The number of aromatic hydroxyl groups is 3. The maximum Gasteiger partial charge on any atom is 0.354 e. The molecule has 0 amide bonds. The summed E-state index contributed by atoms with van der Waals surface area (Å²) >= 11 is 0. The van der Waals surface area contributed by atoms with E-state index in [1.165, 1.54) is 12.3 Å². The van der Waals surface area contributed by atoms with Crippen LogP contribution in [0, 0.1) is 0 Å². The lowest BCUT2D eigenvalue weighted by molar-refractivity contribution is 0.0690. The standard InChI is InChI=1S/2C9H7NO.C7H6N2O.C6H5NO2/c2*11-8-5-1-3-7-4-2-6-10-9(7)8;10-6-3-1-2-5-7(6)9-4-8-5;8-6(9)5-3-1-2-4-7-5/h2*1-6,11H;1-4,10H,(H,8,9);1-4H,(H,8,9). The summed E-state index contributed by atoms with van der Waals surface area (Å²) in [5, 5.41) is 38.0. The van der Waals surface area contributed by atoms with Gasteiger partial charge in [-0.05, 0) is 48.5 Å². The number of nitrogens with one attached hydrogen (secondary N) is 1. The van der Waals surface area contributed by atoms with Crippen LogP contribution in [0.15, 0.2) is 122 Å². The molecule has 3 aromatic carbocycles. The summed E-state index contributed by atoms with van der Waals surface area (Å²) in [4.78, 5) is 28.6. The van der Waals surface area contributed by atoms with Crippen LogP contribution in [-0.4, -0.2) is 51.3 Å². The van der Waals surface area contributed by atoms with E-state index in [0.29, 0.717) is 16.6 Å². The Balaban J connectivity index is 0.000000126. The van der Waals surface area contributed by atoms with E-state index in [2.05, 4.69) is 24.9 Å². The molecule has 0 fully saturated rings. The zero-order valence-electron chi connectivity index (χ0n) is 21.5. The molecule has 204 valence electrons. The molecular weight excluding hydrogens is 522 g/mol. The quantitative estimate of drug-likeness (QED) is 0.167. The molecule has 0 unspecified atom stereocenters. The van der Waals surface area contributed by atoms with Gasteiger partial charge in [-0.15, -0.1) is 0 Å². The second-order valence-corrected chi connectivity index (χ2v) is 8.30. The number of phenols is 3. The van der Waals surface area contributed by atoms with Gasteiger partial charge in [0.25, 0.3) is 0 Å². The molecule has 7 rings (SSSR count). The normalized spacial score (nSPS) is 9.95. The highest BCUT2D eigenvalue weighted by Crippen LogP contribution is 2.22. The van der Waals surface area contributed by atoms with Crippen molar-refractivity contribution in [3.8, 4) is 17.2 Å². The molecule has 4 heterocycles. The zero-order valence-corrected chi connectivity index (χ0v) is 21.5. The first-order chi connectivity index (χ1) is 19.9. The molecule has 5 N–H and O–H groups in total. The van der Waals surface area contributed by atoms with Crippen LogP contribution in [0.25, 0.3) is 32.8 Å². The van der Waals surface area contributed by atoms with Crippen LogP contribution in [0.5, 0.6) is 17.2 Å². The van der Waals surface area contributed by atoms with Gasteiger partial charge in [-0.3, -0.25) is 9.97 Å². The molecule has 7 aromatic rings. The van der Waals surface area contributed by atoms with Crippen LogP contribution in [0.4, 0.5) is 0 Å². The molecule has 10 nitrogen and oxygen atoms in total. The van der Waals surface area contributed by atoms with E-state index in [0.717, 1.165) is 16.3 Å². The fourth-order valence-corrected chi connectivity index (χ4v) is 3.62. The second kappa shape index (κ2) is 13.7. The molecule has 0 aliphatic heterocycles. The second-order valence-electron chi connectivity index (χ2n) is 8.30. The minimum Gasteiger partial charge on any atom is -0.506 e. The van der Waals surface area contributed by atoms with Crippen molar-refractivity contribution in [3.05, 3.63) is 128 Å². The minimum atomic E-state index is -0.990. The van der Waals surface area contributed by atoms with E-state index < -0.39 is 5.97 Å². The number of carboxylic acids is 1. The van der Waals surface area contributed by atoms with Gasteiger partial charge in [-0.2, -0.15) is 0 Å². The molecular formula is C31H25N5O5. The van der Waals surface area contributed by atoms with Crippen molar-refractivity contribution in [1.29, 1.82) is 0 Å². The molecule has 0 atom stereocenters. The Labute approximate surface area is 233 Å². The van der Waals surface area contributed by atoms with Gasteiger partial charge in [0.05, 0.1) is 11.8 Å². The van der Waals surface area contributed by atoms with Crippen LogP contribution in [0.1, 0.15) is 10.5 Å². The van der Waals surface area contributed by atoms with Crippen molar-refractivity contribution in [3.63, 3.8) is 0 Å². The number of nitrogens with zero attached hydrogens (tertiary/aromatic N) is 4. The number of aromatic carboxylic acids is 1. The Morgan fingerprint density at radius 3 is 1.51 bits per heavy atom. The third-order valence-electron chi connectivity index (χ3n) is 5.54. The molecule has 0 saturated carbocycles. The van der Waals surface area contributed by atoms with E-state index in [1.807, 2.05) is 42.5 Å². The Morgan fingerprint density at radius 2 is 1.05 bits per heavy atom. The number of aromatic nitrogens is 5. The van der Waals surface area contributed by atoms with Crippen LogP contribution in [0.2, 0.25) is 0 Å². The molecule has 10 heteroatoms. The highest BCUT2D eigenvalue weighted by molar-refractivity contribution is 5.85. The number of phenolic OH excluding ortho intramolecular Hbond substituents is 3. The van der Waals surface area contributed by atoms with Crippen molar-refractivity contribution < 1.29 is 25.2 Å². The van der Waals surface area contributed by atoms with Gasteiger partial charge in [-0.1, -0.05) is 48.5 Å². The third kappa shape index (κ3) is 7.52. The summed E-state index contributed by atoms with van der Waals surface area (Å²) in [7, 11) is 0. The number of carbonyl (C=O) groups is 1. The van der Waals surface area contributed by atoms with E-state index >= 15 is 0 Å². The number of pyridine rings is 3. The zero-order chi connectivity index (χ0) is 29.0. The lowest BCUT2D eigenvalue weighted by atomic mass is 10.2. The van der Waals surface area contributed by atoms with Crippen LogP contribution in [0.3, 0.4) is 0 Å². The van der Waals surface area contributed by atoms with Crippen molar-refractivity contribution in [2.45, 2.75) is 0 Å². The van der Waals surface area contributed by atoms with Crippen molar-refractivity contribution >= 4 is 38.8 Å². The Morgan fingerprint density at radius 1 is 0.537 bits per heavy atom. The highest BCUT2D eigenvalue weighted by atomic mass is 16.4. The smallest absolute Gasteiger partial charge is 0.354 e. The van der Waals surface area contributed by atoms with Crippen LogP contribution < -0.4 is 0 Å². The Hall–Kier alpha value is -6.03. The van der Waals surface area contributed by atoms with Gasteiger partial charge in [0, 0.05) is 29.4 Å². The predicted octanol–water partition coefficient (Wildman–Crippen LogP) is 5.93. The van der Waals surface area contributed by atoms with Gasteiger partial charge >= 0.3 is 5.97 Å². The number of carboxylic acid groups (broad SMARTS) is 1. The maximum atomic E-state index is 10.1. The van der Waals surface area contributed by atoms with Crippen LogP contribution >= 0.6 is 0 Å². The fourth-order valence-electron chi connectivity index (χ4n) is 3.62. The van der Waals surface area contributed by atoms with Gasteiger partial charge in [0.2, 0.25) is 0 Å². The molecule has 4 aromatic heterocycles. The predicted molar refractivity (Wildman–Crippen MR) is 156 cm³/mol. The minimum absolute atomic E-state index is 0.0810. The average molecular weight is 548 g/mol. The maximum absolute atomic E-state index is 10.1. The molecule has 41 heavy (non-hydrogen) atoms. The number of benzene rings is 3. The number of fused-ring (bicyclic) bond motifs is 3. The van der Waals surface area contributed by atoms with E-state index in [4.69, 9.17) is 5.11 Å². The summed E-state index contributed by atoms with van der Waals surface area (Å²) in [5.74, 6) is -0.291. The molecule has 0 saturated heterocycles. The molecule has 0 bridgehead atoms.